The molecule has 1 aromatic heterocycles. The van der Waals surface area contributed by atoms with E-state index in [1.54, 1.807) is 0 Å². The molecule has 16 heavy (non-hydrogen) atoms. The lowest BCUT2D eigenvalue weighted by molar-refractivity contribution is 0.111. The predicted octanol–water partition coefficient (Wildman–Crippen LogP) is 2.25. The van der Waals surface area contributed by atoms with Gasteiger partial charge in [-0.3, -0.25) is 4.79 Å². The fourth-order valence-electron chi connectivity index (χ4n) is 2.08. The lowest BCUT2D eigenvalue weighted by atomic mass is 9.89. The molecule has 2 unspecified atom stereocenters. The van der Waals surface area contributed by atoms with Gasteiger partial charge in [-0.15, -0.1) is 0 Å². The second kappa shape index (κ2) is 5.05. The first-order valence-electron chi connectivity index (χ1n) is 5.72. The topological polar surface area (TPSA) is 52.1 Å². The van der Waals surface area contributed by atoms with Gasteiger partial charge in [0.05, 0.1) is 5.56 Å². The molecule has 4 heteroatoms. The van der Waals surface area contributed by atoms with Gasteiger partial charge in [-0.25, -0.2) is 9.97 Å². The third-order valence-electron chi connectivity index (χ3n) is 2.94. The summed E-state index contributed by atoms with van der Waals surface area (Å²) in [6.07, 6.45) is 8.56. The first kappa shape index (κ1) is 11.0. The highest BCUT2D eigenvalue weighted by Crippen LogP contribution is 2.25. The Kier molecular flexibility index (Phi) is 3.49. The minimum atomic E-state index is 0.228. The molecule has 1 aliphatic rings. The molecule has 1 aromatic rings. The predicted molar refractivity (Wildman–Crippen MR) is 59.5 cm³/mol. The van der Waals surface area contributed by atoms with E-state index < -0.39 is 0 Å². The van der Waals surface area contributed by atoms with Crippen molar-refractivity contribution in [2.24, 2.45) is 5.92 Å². The molecular weight excluding hydrogens is 204 g/mol. The van der Waals surface area contributed by atoms with Gasteiger partial charge in [-0.05, 0) is 25.2 Å². The smallest absolute Gasteiger partial charge is 0.316 e. The average Bonchev–Trinajstić information content (AvgIpc) is 2.30. The van der Waals surface area contributed by atoms with Crippen LogP contribution in [0.25, 0.3) is 0 Å². The zero-order valence-electron chi connectivity index (χ0n) is 9.43. The Balaban J connectivity index is 1.94. The minimum Gasteiger partial charge on any atom is -0.460 e. The highest BCUT2D eigenvalue weighted by molar-refractivity contribution is 5.73. The number of carbonyl (C=O) groups is 1. The Morgan fingerprint density at radius 3 is 2.75 bits per heavy atom. The maximum absolute atomic E-state index is 10.4. The van der Waals surface area contributed by atoms with Gasteiger partial charge in [0.2, 0.25) is 0 Å². The van der Waals surface area contributed by atoms with Crippen LogP contribution in [0.4, 0.5) is 0 Å². The Labute approximate surface area is 95.1 Å². The largest absolute Gasteiger partial charge is 0.460 e. The van der Waals surface area contributed by atoms with Crippen LogP contribution in [0.1, 0.15) is 43.0 Å². The van der Waals surface area contributed by atoms with Crippen molar-refractivity contribution in [2.45, 2.75) is 38.7 Å². The summed E-state index contributed by atoms with van der Waals surface area (Å²) in [5.41, 5.74) is 0.476. The van der Waals surface area contributed by atoms with E-state index in [9.17, 15) is 4.79 Å². The standard InChI is InChI=1S/C12H16N2O2/c1-9-3-2-4-11(5-9)16-12-13-6-10(8-15)7-14-12/h6-9,11H,2-5H2,1H3. The molecule has 0 bridgehead atoms. The van der Waals surface area contributed by atoms with Gasteiger partial charge in [-0.1, -0.05) is 13.3 Å². The van der Waals surface area contributed by atoms with Crippen molar-refractivity contribution in [3.05, 3.63) is 18.0 Å². The highest BCUT2D eigenvalue weighted by atomic mass is 16.5. The number of rotatable bonds is 3. The average molecular weight is 220 g/mol. The summed E-state index contributed by atoms with van der Waals surface area (Å²) in [7, 11) is 0. The number of aldehydes is 1. The van der Waals surface area contributed by atoms with Crippen LogP contribution in [0.2, 0.25) is 0 Å². The molecule has 1 saturated carbocycles. The Bertz CT molecular complexity index is 351. The van der Waals surface area contributed by atoms with Gasteiger partial charge in [0.25, 0.3) is 0 Å². The SMILES string of the molecule is CC1CCCC(Oc2ncc(C=O)cn2)C1. The lowest BCUT2D eigenvalue weighted by Crippen LogP contribution is -2.24. The maximum atomic E-state index is 10.4. The highest BCUT2D eigenvalue weighted by Gasteiger charge is 2.20. The van der Waals surface area contributed by atoms with Gasteiger partial charge in [0, 0.05) is 12.4 Å². The molecule has 0 aliphatic heterocycles. The van der Waals surface area contributed by atoms with Crippen molar-refractivity contribution in [1.29, 1.82) is 0 Å². The first-order chi connectivity index (χ1) is 7.78. The molecule has 0 spiro atoms. The molecule has 0 saturated heterocycles. The van der Waals surface area contributed by atoms with Crippen LogP contribution in [0, 0.1) is 5.92 Å². The van der Waals surface area contributed by atoms with E-state index in [4.69, 9.17) is 4.74 Å². The molecule has 1 aliphatic carbocycles. The summed E-state index contributed by atoms with van der Waals surface area (Å²) >= 11 is 0. The van der Waals surface area contributed by atoms with E-state index in [0.717, 1.165) is 19.1 Å². The Hall–Kier alpha value is -1.45. The number of carbonyl (C=O) groups excluding carboxylic acids is 1. The van der Waals surface area contributed by atoms with Crippen LogP contribution in [0.15, 0.2) is 12.4 Å². The molecule has 1 fully saturated rings. The van der Waals surface area contributed by atoms with Crippen molar-refractivity contribution in [3.8, 4) is 6.01 Å². The van der Waals surface area contributed by atoms with Crippen molar-refractivity contribution >= 4 is 6.29 Å². The molecule has 2 atom stereocenters. The number of hydrogen-bond donors (Lipinski definition) is 0. The van der Waals surface area contributed by atoms with Crippen LogP contribution >= 0.6 is 0 Å². The molecular formula is C12H16N2O2. The summed E-state index contributed by atoms with van der Waals surface area (Å²) in [4.78, 5) is 18.4. The molecule has 86 valence electrons. The third-order valence-corrected chi connectivity index (χ3v) is 2.94. The molecule has 2 rings (SSSR count). The Morgan fingerprint density at radius 1 is 1.38 bits per heavy atom. The van der Waals surface area contributed by atoms with Crippen LogP contribution in [0.3, 0.4) is 0 Å². The third kappa shape index (κ3) is 2.78. The van der Waals surface area contributed by atoms with Crippen LogP contribution in [-0.4, -0.2) is 22.4 Å². The molecule has 1 heterocycles. The summed E-state index contributed by atoms with van der Waals surface area (Å²) in [6.45, 7) is 2.24. The maximum Gasteiger partial charge on any atom is 0.316 e. The summed E-state index contributed by atoms with van der Waals surface area (Å²) in [5, 5.41) is 0. The van der Waals surface area contributed by atoms with Gasteiger partial charge in [0.15, 0.2) is 6.29 Å². The number of aromatic nitrogens is 2. The first-order valence-corrected chi connectivity index (χ1v) is 5.72. The molecule has 0 radical (unpaired) electrons. The van der Waals surface area contributed by atoms with Crippen molar-refractivity contribution in [3.63, 3.8) is 0 Å². The van der Waals surface area contributed by atoms with E-state index in [0.29, 0.717) is 17.5 Å². The van der Waals surface area contributed by atoms with Crippen LogP contribution in [-0.2, 0) is 0 Å². The second-order valence-electron chi connectivity index (χ2n) is 4.43. The number of ether oxygens (including phenoxy) is 1. The number of hydrogen-bond acceptors (Lipinski definition) is 4. The van der Waals surface area contributed by atoms with Gasteiger partial charge in [-0.2, -0.15) is 0 Å². The van der Waals surface area contributed by atoms with Crippen molar-refractivity contribution in [2.75, 3.05) is 0 Å². The van der Waals surface area contributed by atoms with E-state index in [-0.39, 0.29) is 6.10 Å². The summed E-state index contributed by atoms with van der Waals surface area (Å²) in [5.74, 6) is 0.716. The van der Waals surface area contributed by atoms with Gasteiger partial charge >= 0.3 is 6.01 Å². The van der Waals surface area contributed by atoms with E-state index in [1.807, 2.05) is 0 Å². The quantitative estimate of drug-likeness (QED) is 0.733. The summed E-state index contributed by atoms with van der Waals surface area (Å²) < 4.78 is 5.69. The molecule has 0 amide bonds. The fourth-order valence-corrected chi connectivity index (χ4v) is 2.08. The molecule has 0 aromatic carbocycles. The molecule has 4 nitrogen and oxygen atoms in total. The Morgan fingerprint density at radius 2 is 2.12 bits per heavy atom. The van der Waals surface area contributed by atoms with Crippen molar-refractivity contribution < 1.29 is 9.53 Å². The van der Waals surface area contributed by atoms with E-state index in [2.05, 4.69) is 16.9 Å². The number of nitrogens with zero attached hydrogens (tertiary/aromatic N) is 2. The second-order valence-corrected chi connectivity index (χ2v) is 4.43. The lowest BCUT2D eigenvalue weighted by Gasteiger charge is -2.26. The van der Waals surface area contributed by atoms with Gasteiger partial charge in [0.1, 0.15) is 6.10 Å². The summed E-state index contributed by atoms with van der Waals surface area (Å²) in [6, 6.07) is 0.379. The van der Waals surface area contributed by atoms with Crippen LogP contribution < -0.4 is 4.74 Å². The minimum absolute atomic E-state index is 0.228. The normalized spacial score (nSPS) is 25.1. The fraction of sp³-hybridized carbons (Fsp3) is 0.583. The van der Waals surface area contributed by atoms with Gasteiger partial charge < -0.3 is 4.74 Å². The van der Waals surface area contributed by atoms with E-state index >= 15 is 0 Å². The van der Waals surface area contributed by atoms with Crippen molar-refractivity contribution in [1.82, 2.24) is 9.97 Å². The van der Waals surface area contributed by atoms with E-state index in [1.165, 1.54) is 25.2 Å². The monoisotopic (exact) mass is 220 g/mol. The van der Waals surface area contributed by atoms with Crippen LogP contribution in [0.5, 0.6) is 6.01 Å². The zero-order chi connectivity index (χ0) is 11.4. The molecule has 0 N–H and O–H groups in total. The zero-order valence-corrected chi connectivity index (χ0v) is 9.43.